The number of carbonyl (C=O) groups is 1. The minimum absolute atomic E-state index is 0.158. The van der Waals surface area contributed by atoms with Gasteiger partial charge in [0.05, 0.1) is 17.0 Å². The summed E-state index contributed by atoms with van der Waals surface area (Å²) >= 11 is 11.8. The van der Waals surface area contributed by atoms with E-state index in [-0.39, 0.29) is 17.3 Å². The number of hydrogen-bond acceptors (Lipinski definition) is 4. The molecule has 0 spiro atoms. The average Bonchev–Trinajstić information content (AvgIpc) is 2.41. The summed E-state index contributed by atoms with van der Waals surface area (Å²) in [6.45, 7) is 0.560. The molecule has 0 atom stereocenters. The number of benzene rings is 1. The average molecular weight is 369 g/mol. The Bertz CT molecular complexity index is 622. The van der Waals surface area contributed by atoms with Gasteiger partial charge in [-0.25, -0.2) is 8.42 Å². The van der Waals surface area contributed by atoms with Gasteiger partial charge in [0.15, 0.2) is 0 Å². The summed E-state index contributed by atoms with van der Waals surface area (Å²) in [6.07, 6.45) is 1.65. The molecule has 1 aromatic carbocycles. The summed E-state index contributed by atoms with van der Waals surface area (Å²) in [4.78, 5) is 11.9. The number of hydrogen-bond donors (Lipinski definition) is 1. The van der Waals surface area contributed by atoms with Crippen molar-refractivity contribution in [1.82, 2.24) is 5.32 Å². The standard InChI is InChI=1S/C13H18Cl2N2O4S/c1-21-7-3-6-16-13(18)9-17(22(2,19)20)12-5-4-10(14)8-11(12)15/h4-5,8H,3,6-7,9H2,1-2H3,(H,16,18). The summed E-state index contributed by atoms with van der Waals surface area (Å²) in [5, 5.41) is 3.16. The van der Waals surface area contributed by atoms with E-state index < -0.39 is 15.9 Å². The second-order valence-electron chi connectivity index (χ2n) is 4.56. The molecule has 6 nitrogen and oxygen atoms in total. The van der Waals surface area contributed by atoms with Crippen molar-refractivity contribution in [2.45, 2.75) is 6.42 Å². The van der Waals surface area contributed by atoms with Crippen LogP contribution in [0.25, 0.3) is 0 Å². The number of nitrogens with one attached hydrogen (secondary N) is 1. The van der Waals surface area contributed by atoms with E-state index in [4.69, 9.17) is 27.9 Å². The molecular weight excluding hydrogens is 351 g/mol. The molecular formula is C13H18Cl2N2O4S. The lowest BCUT2D eigenvalue weighted by molar-refractivity contribution is -0.119. The second kappa shape index (κ2) is 8.57. The van der Waals surface area contributed by atoms with Crippen LogP contribution < -0.4 is 9.62 Å². The van der Waals surface area contributed by atoms with E-state index in [0.717, 1.165) is 10.6 Å². The molecule has 1 aromatic rings. The number of carbonyl (C=O) groups excluding carboxylic acids is 1. The first-order chi connectivity index (χ1) is 10.3. The molecule has 0 unspecified atom stereocenters. The molecule has 0 saturated carbocycles. The predicted molar refractivity (Wildman–Crippen MR) is 88.2 cm³/mol. The number of rotatable bonds is 8. The number of sulfonamides is 1. The Kier molecular flexibility index (Phi) is 7.41. The van der Waals surface area contributed by atoms with Crippen LogP contribution in [-0.2, 0) is 19.6 Å². The van der Waals surface area contributed by atoms with Crippen molar-refractivity contribution in [3.63, 3.8) is 0 Å². The summed E-state index contributed by atoms with van der Waals surface area (Å²) < 4.78 is 29.6. The lowest BCUT2D eigenvalue weighted by Crippen LogP contribution is -2.40. The zero-order valence-corrected chi connectivity index (χ0v) is 14.6. The van der Waals surface area contributed by atoms with Gasteiger partial charge in [-0.2, -0.15) is 0 Å². The summed E-state index contributed by atoms with van der Waals surface area (Å²) in [5.74, 6) is -0.424. The molecule has 0 aromatic heterocycles. The third-order valence-electron chi connectivity index (χ3n) is 2.71. The molecule has 124 valence electrons. The van der Waals surface area contributed by atoms with Crippen LogP contribution in [0, 0.1) is 0 Å². The lowest BCUT2D eigenvalue weighted by atomic mass is 10.3. The SMILES string of the molecule is COCCCNC(=O)CN(c1ccc(Cl)cc1Cl)S(C)(=O)=O. The minimum Gasteiger partial charge on any atom is -0.385 e. The second-order valence-corrected chi connectivity index (χ2v) is 7.31. The van der Waals surface area contributed by atoms with Gasteiger partial charge >= 0.3 is 0 Å². The van der Waals surface area contributed by atoms with E-state index >= 15 is 0 Å². The van der Waals surface area contributed by atoms with E-state index in [9.17, 15) is 13.2 Å². The van der Waals surface area contributed by atoms with Gasteiger partial charge in [-0.3, -0.25) is 9.10 Å². The van der Waals surface area contributed by atoms with Crippen LogP contribution >= 0.6 is 23.2 Å². The van der Waals surface area contributed by atoms with Crippen LogP contribution in [0.5, 0.6) is 0 Å². The Balaban J connectivity index is 2.85. The highest BCUT2D eigenvalue weighted by molar-refractivity contribution is 7.92. The van der Waals surface area contributed by atoms with Gasteiger partial charge in [-0.1, -0.05) is 23.2 Å². The number of amides is 1. The van der Waals surface area contributed by atoms with Crippen LogP contribution in [-0.4, -0.2) is 47.4 Å². The fraction of sp³-hybridized carbons (Fsp3) is 0.462. The van der Waals surface area contributed by atoms with Crippen LogP contribution in [0.15, 0.2) is 18.2 Å². The van der Waals surface area contributed by atoms with E-state index in [2.05, 4.69) is 5.32 Å². The highest BCUT2D eigenvalue weighted by atomic mass is 35.5. The van der Waals surface area contributed by atoms with Crippen molar-refractivity contribution < 1.29 is 17.9 Å². The predicted octanol–water partition coefficient (Wildman–Crippen LogP) is 1.91. The van der Waals surface area contributed by atoms with Gasteiger partial charge < -0.3 is 10.1 Å². The number of anilines is 1. The molecule has 9 heteroatoms. The molecule has 1 rings (SSSR count). The number of methoxy groups -OCH3 is 1. The summed E-state index contributed by atoms with van der Waals surface area (Å²) in [7, 11) is -2.10. The van der Waals surface area contributed by atoms with E-state index in [0.29, 0.717) is 24.6 Å². The Hall–Kier alpha value is -1.02. The number of nitrogens with zero attached hydrogens (tertiary/aromatic N) is 1. The Morgan fingerprint density at radius 3 is 2.59 bits per heavy atom. The zero-order chi connectivity index (χ0) is 16.8. The number of halogens is 2. The van der Waals surface area contributed by atoms with Crippen molar-refractivity contribution >= 4 is 44.8 Å². The molecule has 0 heterocycles. The quantitative estimate of drug-likeness (QED) is 0.711. The van der Waals surface area contributed by atoms with Gasteiger partial charge in [0.1, 0.15) is 6.54 Å². The lowest BCUT2D eigenvalue weighted by Gasteiger charge is -2.23. The molecule has 0 aliphatic heterocycles. The summed E-state index contributed by atoms with van der Waals surface area (Å²) in [6, 6.07) is 4.40. The van der Waals surface area contributed by atoms with Crippen LogP contribution in [0.3, 0.4) is 0 Å². The smallest absolute Gasteiger partial charge is 0.240 e. The van der Waals surface area contributed by atoms with E-state index in [1.807, 2.05) is 0 Å². The monoisotopic (exact) mass is 368 g/mol. The maximum absolute atomic E-state index is 11.9. The zero-order valence-electron chi connectivity index (χ0n) is 12.3. The molecule has 0 bridgehead atoms. The molecule has 0 aliphatic rings. The van der Waals surface area contributed by atoms with Crippen molar-refractivity contribution in [3.05, 3.63) is 28.2 Å². The first kappa shape index (κ1) is 19.0. The first-order valence-electron chi connectivity index (χ1n) is 6.44. The van der Waals surface area contributed by atoms with Crippen molar-refractivity contribution in [2.24, 2.45) is 0 Å². The Labute approximate surface area is 140 Å². The van der Waals surface area contributed by atoms with Crippen molar-refractivity contribution in [2.75, 3.05) is 37.4 Å². The fourth-order valence-corrected chi connectivity index (χ4v) is 3.12. The van der Waals surface area contributed by atoms with Crippen LogP contribution in [0.2, 0.25) is 10.0 Å². The number of ether oxygens (including phenoxy) is 1. The third kappa shape index (κ3) is 6.00. The minimum atomic E-state index is -3.66. The van der Waals surface area contributed by atoms with Crippen LogP contribution in [0.1, 0.15) is 6.42 Å². The van der Waals surface area contributed by atoms with E-state index in [1.54, 1.807) is 7.11 Å². The maximum Gasteiger partial charge on any atom is 0.240 e. The highest BCUT2D eigenvalue weighted by Crippen LogP contribution is 2.30. The van der Waals surface area contributed by atoms with Crippen molar-refractivity contribution in [3.8, 4) is 0 Å². The maximum atomic E-state index is 11.9. The Morgan fingerprint density at radius 1 is 1.36 bits per heavy atom. The van der Waals surface area contributed by atoms with Gasteiger partial charge in [-0.05, 0) is 24.6 Å². The normalized spacial score (nSPS) is 11.3. The molecule has 1 amide bonds. The van der Waals surface area contributed by atoms with Gasteiger partial charge in [0.2, 0.25) is 15.9 Å². The molecule has 0 fully saturated rings. The van der Waals surface area contributed by atoms with Crippen molar-refractivity contribution in [1.29, 1.82) is 0 Å². The molecule has 22 heavy (non-hydrogen) atoms. The highest BCUT2D eigenvalue weighted by Gasteiger charge is 2.22. The van der Waals surface area contributed by atoms with E-state index in [1.165, 1.54) is 18.2 Å². The van der Waals surface area contributed by atoms with Gasteiger partial charge in [0.25, 0.3) is 0 Å². The van der Waals surface area contributed by atoms with Crippen LogP contribution in [0.4, 0.5) is 5.69 Å². The summed E-state index contributed by atoms with van der Waals surface area (Å²) in [5.41, 5.74) is 0.209. The first-order valence-corrected chi connectivity index (χ1v) is 9.04. The molecule has 0 saturated heterocycles. The van der Waals surface area contributed by atoms with Gasteiger partial charge in [0, 0.05) is 25.3 Å². The molecule has 1 N–H and O–H groups in total. The molecule has 0 radical (unpaired) electrons. The Morgan fingerprint density at radius 2 is 2.05 bits per heavy atom. The third-order valence-corrected chi connectivity index (χ3v) is 4.38. The molecule has 0 aliphatic carbocycles. The topological polar surface area (TPSA) is 75.7 Å². The largest absolute Gasteiger partial charge is 0.385 e. The van der Waals surface area contributed by atoms with Gasteiger partial charge in [-0.15, -0.1) is 0 Å². The fourth-order valence-electron chi connectivity index (χ4n) is 1.70.